The van der Waals surface area contributed by atoms with E-state index in [1.165, 1.54) is 0 Å². The van der Waals surface area contributed by atoms with E-state index in [1.807, 2.05) is 0 Å². The van der Waals surface area contributed by atoms with Gasteiger partial charge in [-0.25, -0.2) is 14.5 Å². The lowest BCUT2D eigenvalue weighted by Gasteiger charge is -2.38. The molecule has 0 amide bonds. The molecule has 22 heavy (non-hydrogen) atoms. The SMILES string of the molecule is CC(C)C1CC(O[Si](C)(C)C(C)(C)C)c2nc(C(=O)O)nn21. The summed E-state index contributed by atoms with van der Waals surface area (Å²) < 4.78 is 8.26. The Hall–Kier alpha value is -1.21. The largest absolute Gasteiger partial charge is 0.475 e. The fourth-order valence-corrected chi connectivity index (χ4v) is 3.77. The Morgan fingerprint density at radius 3 is 2.45 bits per heavy atom. The Morgan fingerprint density at radius 1 is 1.41 bits per heavy atom. The summed E-state index contributed by atoms with van der Waals surface area (Å²) in [5, 5.41) is 13.4. The van der Waals surface area contributed by atoms with Crippen molar-refractivity contribution in [1.82, 2.24) is 14.8 Å². The molecule has 1 aromatic heterocycles. The first kappa shape index (κ1) is 17.1. The van der Waals surface area contributed by atoms with Crippen LogP contribution in [-0.4, -0.2) is 34.2 Å². The number of aromatic nitrogens is 3. The third-order valence-corrected chi connectivity index (χ3v) is 9.41. The van der Waals surface area contributed by atoms with Crippen molar-refractivity contribution >= 4 is 14.3 Å². The van der Waals surface area contributed by atoms with Gasteiger partial charge < -0.3 is 9.53 Å². The van der Waals surface area contributed by atoms with E-state index in [0.717, 1.165) is 6.42 Å². The standard InChI is InChI=1S/C15H27N3O3Si/c1-9(2)10-8-11(21-22(6,7)15(3,4)5)13-16-12(14(19)20)17-18(10)13/h9-11H,8H2,1-7H3,(H,19,20). The molecule has 0 saturated carbocycles. The van der Waals surface area contributed by atoms with Crippen molar-refractivity contribution in [2.45, 2.75) is 71.3 Å². The molecule has 0 aromatic carbocycles. The van der Waals surface area contributed by atoms with Crippen LogP contribution in [0.3, 0.4) is 0 Å². The number of carboxylic acids is 1. The van der Waals surface area contributed by atoms with Gasteiger partial charge >= 0.3 is 5.97 Å². The summed E-state index contributed by atoms with van der Waals surface area (Å²) in [6.45, 7) is 15.2. The number of nitrogens with zero attached hydrogens (tertiary/aromatic N) is 3. The van der Waals surface area contributed by atoms with E-state index >= 15 is 0 Å². The maximum Gasteiger partial charge on any atom is 0.375 e. The molecule has 1 aliphatic heterocycles. The second-order valence-corrected chi connectivity index (χ2v) is 12.7. The van der Waals surface area contributed by atoms with Crippen molar-refractivity contribution in [2.24, 2.45) is 5.92 Å². The molecule has 1 aromatic rings. The zero-order chi connectivity index (χ0) is 16.9. The lowest BCUT2D eigenvalue weighted by molar-refractivity contribution is 0.0681. The number of hydrogen-bond donors (Lipinski definition) is 1. The molecule has 7 heteroatoms. The predicted octanol–water partition coefficient (Wildman–Crippen LogP) is 3.64. The number of hydrogen-bond acceptors (Lipinski definition) is 4. The molecule has 124 valence electrons. The maximum atomic E-state index is 11.2. The second-order valence-electron chi connectivity index (χ2n) is 7.96. The van der Waals surface area contributed by atoms with Crippen LogP contribution in [0.25, 0.3) is 0 Å². The summed E-state index contributed by atoms with van der Waals surface area (Å²) in [6.07, 6.45) is 0.660. The van der Waals surface area contributed by atoms with Crippen LogP contribution in [0.15, 0.2) is 0 Å². The van der Waals surface area contributed by atoms with Crippen LogP contribution >= 0.6 is 0 Å². The van der Waals surface area contributed by atoms with Crippen molar-refractivity contribution in [1.29, 1.82) is 0 Å². The van der Waals surface area contributed by atoms with E-state index in [1.54, 1.807) is 4.68 Å². The maximum absolute atomic E-state index is 11.2. The van der Waals surface area contributed by atoms with Gasteiger partial charge in [0.2, 0.25) is 0 Å². The van der Waals surface area contributed by atoms with Gasteiger partial charge in [-0.05, 0) is 24.1 Å². The molecule has 1 N–H and O–H groups in total. The first-order valence-electron chi connectivity index (χ1n) is 7.81. The van der Waals surface area contributed by atoms with Gasteiger partial charge in [0.15, 0.2) is 14.1 Å². The summed E-state index contributed by atoms with van der Waals surface area (Å²) in [5.74, 6) is -0.198. The molecule has 1 aliphatic rings. The summed E-state index contributed by atoms with van der Waals surface area (Å²) in [4.78, 5) is 15.4. The normalized spacial score (nSPS) is 22.2. The fraction of sp³-hybridized carbons (Fsp3) is 0.800. The highest BCUT2D eigenvalue weighted by Crippen LogP contribution is 2.45. The summed E-state index contributed by atoms with van der Waals surface area (Å²) in [6, 6.07) is 0.144. The third kappa shape index (κ3) is 2.96. The van der Waals surface area contributed by atoms with Crippen LogP contribution in [0.1, 0.15) is 69.6 Å². The van der Waals surface area contributed by atoms with Gasteiger partial charge in [0.25, 0.3) is 5.82 Å². The fourth-order valence-electron chi connectivity index (χ4n) is 2.50. The molecule has 0 fully saturated rings. The average molecular weight is 325 g/mol. The Labute approximate surface area is 133 Å². The molecule has 0 aliphatic carbocycles. The number of rotatable bonds is 4. The van der Waals surface area contributed by atoms with E-state index in [4.69, 9.17) is 9.53 Å². The van der Waals surface area contributed by atoms with Crippen molar-refractivity contribution in [3.05, 3.63) is 11.6 Å². The Balaban J connectivity index is 2.35. The van der Waals surface area contributed by atoms with Crippen LogP contribution in [0, 0.1) is 5.92 Å². The monoisotopic (exact) mass is 325 g/mol. The van der Waals surface area contributed by atoms with Crippen LogP contribution < -0.4 is 0 Å². The summed E-state index contributed by atoms with van der Waals surface area (Å²) in [7, 11) is -1.95. The van der Waals surface area contributed by atoms with Crippen molar-refractivity contribution in [3.63, 3.8) is 0 Å². The quantitative estimate of drug-likeness (QED) is 0.855. The van der Waals surface area contributed by atoms with Crippen LogP contribution in [0.4, 0.5) is 0 Å². The number of carboxylic acid groups (broad SMARTS) is 1. The zero-order valence-corrected chi connectivity index (χ0v) is 15.5. The minimum atomic E-state index is -1.95. The lowest BCUT2D eigenvalue weighted by Crippen LogP contribution is -2.41. The minimum absolute atomic E-state index is 0.101. The molecular weight excluding hydrogens is 298 g/mol. The second kappa shape index (κ2) is 5.45. The first-order valence-corrected chi connectivity index (χ1v) is 10.7. The molecule has 6 nitrogen and oxygen atoms in total. The van der Waals surface area contributed by atoms with Gasteiger partial charge in [-0.2, -0.15) is 0 Å². The van der Waals surface area contributed by atoms with Gasteiger partial charge in [-0.1, -0.05) is 34.6 Å². The zero-order valence-electron chi connectivity index (χ0n) is 14.5. The van der Waals surface area contributed by atoms with Gasteiger partial charge in [0.1, 0.15) is 6.10 Å². The summed E-state index contributed by atoms with van der Waals surface area (Å²) >= 11 is 0. The average Bonchev–Trinajstić information content (AvgIpc) is 2.87. The third-order valence-electron chi connectivity index (χ3n) is 4.92. The molecule has 2 unspecified atom stereocenters. The van der Waals surface area contributed by atoms with Crippen molar-refractivity contribution in [2.75, 3.05) is 0 Å². The van der Waals surface area contributed by atoms with E-state index in [-0.39, 0.29) is 23.0 Å². The van der Waals surface area contributed by atoms with Crippen molar-refractivity contribution < 1.29 is 14.3 Å². The Bertz CT molecular complexity index is 575. The van der Waals surface area contributed by atoms with Gasteiger partial charge in [-0.3, -0.25) is 0 Å². The number of carbonyl (C=O) groups is 1. The first-order chi connectivity index (χ1) is 9.94. The molecule has 0 spiro atoms. The van der Waals surface area contributed by atoms with Crippen LogP contribution in [-0.2, 0) is 4.43 Å². The lowest BCUT2D eigenvalue weighted by atomic mass is 10.0. The predicted molar refractivity (Wildman–Crippen MR) is 86.5 cm³/mol. The van der Waals surface area contributed by atoms with E-state index in [0.29, 0.717) is 11.7 Å². The van der Waals surface area contributed by atoms with Crippen molar-refractivity contribution in [3.8, 4) is 0 Å². The van der Waals surface area contributed by atoms with E-state index < -0.39 is 14.3 Å². The molecule has 0 radical (unpaired) electrons. The van der Waals surface area contributed by atoms with Crippen LogP contribution in [0.2, 0.25) is 18.1 Å². The molecular formula is C15H27N3O3Si. The Morgan fingerprint density at radius 2 is 2.00 bits per heavy atom. The van der Waals surface area contributed by atoms with Gasteiger partial charge in [0, 0.05) is 6.42 Å². The smallest absolute Gasteiger partial charge is 0.375 e. The summed E-state index contributed by atoms with van der Waals surface area (Å²) in [5.41, 5.74) is 0. The molecule has 0 bridgehead atoms. The highest BCUT2D eigenvalue weighted by molar-refractivity contribution is 6.74. The minimum Gasteiger partial charge on any atom is -0.475 e. The highest BCUT2D eigenvalue weighted by Gasteiger charge is 2.44. The topological polar surface area (TPSA) is 77.2 Å². The molecule has 0 saturated heterocycles. The highest BCUT2D eigenvalue weighted by atomic mass is 28.4. The molecule has 2 atom stereocenters. The van der Waals surface area contributed by atoms with Gasteiger partial charge in [-0.15, -0.1) is 5.10 Å². The Kier molecular flexibility index (Phi) is 4.25. The van der Waals surface area contributed by atoms with E-state index in [9.17, 15) is 4.79 Å². The molecule has 2 heterocycles. The number of aromatic carboxylic acids is 1. The molecule has 2 rings (SSSR count). The van der Waals surface area contributed by atoms with Crippen LogP contribution in [0.5, 0.6) is 0 Å². The van der Waals surface area contributed by atoms with Gasteiger partial charge in [0.05, 0.1) is 6.04 Å². The van der Waals surface area contributed by atoms with E-state index in [2.05, 4.69) is 57.8 Å². The number of fused-ring (bicyclic) bond motifs is 1.